The van der Waals surface area contributed by atoms with Gasteiger partial charge in [0, 0.05) is 49.0 Å². The SMILES string of the molecule is O=C1CCC2(CCCN(c3nc4ccccc4cc3CO)C2)CN1CCO. The maximum absolute atomic E-state index is 12.2. The van der Waals surface area contributed by atoms with Gasteiger partial charge in [-0.25, -0.2) is 4.98 Å². The zero-order valence-electron chi connectivity index (χ0n) is 15.6. The number of hydrogen-bond donors (Lipinski definition) is 2. The Morgan fingerprint density at radius 1 is 1.15 bits per heavy atom. The number of pyridine rings is 1. The number of nitrogens with zero attached hydrogens (tertiary/aromatic N) is 3. The Morgan fingerprint density at radius 3 is 2.81 bits per heavy atom. The summed E-state index contributed by atoms with van der Waals surface area (Å²) in [4.78, 5) is 21.1. The summed E-state index contributed by atoms with van der Waals surface area (Å²) in [5.41, 5.74) is 1.83. The Hall–Kier alpha value is -2.18. The number of hydrogen-bond acceptors (Lipinski definition) is 5. The van der Waals surface area contributed by atoms with Crippen molar-refractivity contribution in [1.29, 1.82) is 0 Å². The van der Waals surface area contributed by atoms with Gasteiger partial charge in [-0.15, -0.1) is 0 Å². The molecule has 2 fully saturated rings. The number of carbonyl (C=O) groups excluding carboxylic acids is 1. The first-order valence-electron chi connectivity index (χ1n) is 9.77. The average Bonchev–Trinajstić information content (AvgIpc) is 2.70. The van der Waals surface area contributed by atoms with Crippen molar-refractivity contribution in [2.75, 3.05) is 37.7 Å². The van der Waals surface area contributed by atoms with E-state index in [0.29, 0.717) is 19.5 Å². The maximum Gasteiger partial charge on any atom is 0.222 e. The quantitative estimate of drug-likeness (QED) is 0.861. The number of rotatable bonds is 4. The van der Waals surface area contributed by atoms with Crippen molar-refractivity contribution < 1.29 is 15.0 Å². The number of likely N-dealkylation sites (tertiary alicyclic amines) is 1. The zero-order chi connectivity index (χ0) is 18.9. The molecule has 1 amide bonds. The number of aromatic nitrogens is 1. The highest BCUT2D eigenvalue weighted by atomic mass is 16.3. The van der Waals surface area contributed by atoms with Gasteiger partial charge in [-0.05, 0) is 31.4 Å². The molecule has 2 N–H and O–H groups in total. The highest BCUT2D eigenvalue weighted by molar-refractivity contribution is 5.82. The maximum atomic E-state index is 12.2. The standard InChI is InChI=1S/C21H27N3O3/c25-11-10-23-14-21(8-6-19(23)27)7-3-9-24(15-21)20-17(13-26)12-16-4-1-2-5-18(16)22-20/h1-2,4-5,12,25-26H,3,6-11,13-15H2. The second-order valence-electron chi connectivity index (χ2n) is 7.89. The number of fused-ring (bicyclic) bond motifs is 1. The number of aliphatic hydroxyl groups is 2. The third-order valence-electron chi connectivity index (χ3n) is 6.03. The summed E-state index contributed by atoms with van der Waals surface area (Å²) in [5.74, 6) is 1.01. The normalized spacial score (nSPS) is 23.4. The van der Waals surface area contributed by atoms with Crippen molar-refractivity contribution in [3.8, 4) is 0 Å². The zero-order valence-corrected chi connectivity index (χ0v) is 15.6. The summed E-state index contributed by atoms with van der Waals surface area (Å²) in [6, 6.07) is 10.0. The van der Waals surface area contributed by atoms with Crippen molar-refractivity contribution in [2.24, 2.45) is 5.41 Å². The van der Waals surface area contributed by atoms with Crippen LogP contribution in [0, 0.1) is 5.41 Å². The lowest BCUT2D eigenvalue weighted by atomic mass is 9.73. The molecule has 1 aromatic carbocycles. The number of anilines is 1. The van der Waals surface area contributed by atoms with Crippen LogP contribution < -0.4 is 4.90 Å². The molecular weight excluding hydrogens is 342 g/mol. The molecule has 27 heavy (non-hydrogen) atoms. The van der Waals surface area contributed by atoms with Gasteiger partial charge >= 0.3 is 0 Å². The number of piperidine rings is 2. The van der Waals surface area contributed by atoms with Gasteiger partial charge in [-0.2, -0.15) is 0 Å². The highest BCUT2D eigenvalue weighted by Gasteiger charge is 2.42. The van der Waals surface area contributed by atoms with Gasteiger partial charge in [-0.3, -0.25) is 4.79 Å². The fourth-order valence-electron chi connectivity index (χ4n) is 4.69. The Kier molecular flexibility index (Phi) is 5.02. The molecule has 1 aromatic heterocycles. The fraction of sp³-hybridized carbons (Fsp3) is 0.524. The minimum absolute atomic E-state index is 0.00637. The van der Waals surface area contributed by atoms with Crippen LogP contribution in [0.2, 0.25) is 0 Å². The van der Waals surface area contributed by atoms with Crippen LogP contribution in [-0.4, -0.2) is 58.8 Å². The first-order chi connectivity index (χ1) is 13.1. The van der Waals surface area contributed by atoms with E-state index in [4.69, 9.17) is 4.98 Å². The smallest absolute Gasteiger partial charge is 0.222 e. The molecule has 2 aliphatic rings. The van der Waals surface area contributed by atoms with Crippen molar-refractivity contribution in [3.05, 3.63) is 35.9 Å². The van der Waals surface area contributed by atoms with E-state index >= 15 is 0 Å². The summed E-state index contributed by atoms with van der Waals surface area (Å²) < 4.78 is 0. The van der Waals surface area contributed by atoms with E-state index in [0.717, 1.165) is 54.6 Å². The third kappa shape index (κ3) is 3.51. The van der Waals surface area contributed by atoms with Crippen LogP contribution in [0.15, 0.2) is 30.3 Å². The molecule has 0 aliphatic carbocycles. The van der Waals surface area contributed by atoms with E-state index in [1.807, 2.05) is 35.2 Å². The van der Waals surface area contributed by atoms with E-state index < -0.39 is 0 Å². The molecule has 0 radical (unpaired) electrons. The number of aliphatic hydroxyl groups excluding tert-OH is 2. The fourth-order valence-corrected chi connectivity index (χ4v) is 4.69. The van der Waals surface area contributed by atoms with Crippen molar-refractivity contribution >= 4 is 22.6 Å². The predicted molar refractivity (Wildman–Crippen MR) is 104 cm³/mol. The number of amides is 1. The number of para-hydroxylation sites is 1. The van der Waals surface area contributed by atoms with Crippen LogP contribution in [-0.2, 0) is 11.4 Å². The minimum Gasteiger partial charge on any atom is -0.395 e. The monoisotopic (exact) mass is 369 g/mol. The molecule has 1 atom stereocenters. The van der Waals surface area contributed by atoms with Crippen molar-refractivity contribution in [3.63, 3.8) is 0 Å². The molecule has 2 saturated heterocycles. The van der Waals surface area contributed by atoms with Crippen LogP contribution >= 0.6 is 0 Å². The second kappa shape index (κ2) is 7.44. The highest BCUT2D eigenvalue weighted by Crippen LogP contribution is 2.40. The first kappa shape index (κ1) is 18.2. The third-order valence-corrected chi connectivity index (χ3v) is 6.03. The topological polar surface area (TPSA) is 76.9 Å². The van der Waals surface area contributed by atoms with Crippen LogP contribution in [0.1, 0.15) is 31.2 Å². The molecule has 2 aromatic rings. The molecule has 1 unspecified atom stereocenters. The largest absolute Gasteiger partial charge is 0.395 e. The summed E-state index contributed by atoms with van der Waals surface area (Å²) in [7, 11) is 0. The van der Waals surface area contributed by atoms with Gasteiger partial charge in [0.1, 0.15) is 5.82 Å². The van der Waals surface area contributed by atoms with Crippen LogP contribution in [0.3, 0.4) is 0 Å². The van der Waals surface area contributed by atoms with Gasteiger partial charge in [0.15, 0.2) is 0 Å². The lowest BCUT2D eigenvalue weighted by Crippen LogP contribution is -2.54. The average molecular weight is 369 g/mol. The number of carbonyl (C=O) groups is 1. The molecule has 0 saturated carbocycles. The Bertz CT molecular complexity index is 841. The van der Waals surface area contributed by atoms with Crippen LogP contribution in [0.5, 0.6) is 0 Å². The lowest BCUT2D eigenvalue weighted by Gasteiger charge is -2.48. The molecule has 2 aliphatic heterocycles. The Labute approximate surface area is 159 Å². The van der Waals surface area contributed by atoms with Gasteiger partial charge in [0.05, 0.1) is 18.7 Å². The van der Waals surface area contributed by atoms with Crippen LogP contribution in [0.4, 0.5) is 5.82 Å². The molecule has 1 spiro atoms. The van der Waals surface area contributed by atoms with Crippen molar-refractivity contribution in [1.82, 2.24) is 9.88 Å². The van der Waals surface area contributed by atoms with E-state index in [2.05, 4.69) is 4.90 Å². The van der Waals surface area contributed by atoms with E-state index in [9.17, 15) is 15.0 Å². The van der Waals surface area contributed by atoms with Gasteiger partial charge in [0.2, 0.25) is 5.91 Å². The second-order valence-corrected chi connectivity index (χ2v) is 7.89. The molecular formula is C21H27N3O3. The molecule has 6 nitrogen and oxygen atoms in total. The molecule has 6 heteroatoms. The first-order valence-corrected chi connectivity index (χ1v) is 9.77. The molecule has 0 bridgehead atoms. The van der Waals surface area contributed by atoms with E-state index in [-0.39, 0.29) is 24.5 Å². The van der Waals surface area contributed by atoms with E-state index in [1.165, 1.54) is 0 Å². The number of benzene rings is 1. The molecule has 3 heterocycles. The molecule has 4 rings (SSSR count). The predicted octanol–water partition coefficient (Wildman–Crippen LogP) is 1.93. The van der Waals surface area contributed by atoms with Gasteiger partial charge in [-0.1, -0.05) is 18.2 Å². The Morgan fingerprint density at radius 2 is 2.00 bits per heavy atom. The van der Waals surface area contributed by atoms with Gasteiger partial charge in [0.25, 0.3) is 0 Å². The minimum atomic E-state index is -0.0359. The summed E-state index contributed by atoms with van der Waals surface area (Å²) in [6.07, 6.45) is 3.55. The van der Waals surface area contributed by atoms with Gasteiger partial charge < -0.3 is 20.0 Å². The summed E-state index contributed by atoms with van der Waals surface area (Å²) >= 11 is 0. The Balaban J connectivity index is 1.63. The lowest BCUT2D eigenvalue weighted by molar-refractivity contribution is -0.138. The van der Waals surface area contributed by atoms with E-state index in [1.54, 1.807) is 0 Å². The molecule has 144 valence electrons. The summed E-state index contributed by atoms with van der Waals surface area (Å²) in [5, 5.41) is 20.2. The van der Waals surface area contributed by atoms with Crippen molar-refractivity contribution in [2.45, 2.75) is 32.3 Å². The number of β-amino-alcohol motifs (C(OH)–C–C–N with tert-alkyl or cyclic N) is 1. The van der Waals surface area contributed by atoms with Crippen LogP contribution in [0.25, 0.3) is 10.9 Å². The summed E-state index contributed by atoms with van der Waals surface area (Å²) in [6.45, 7) is 2.83.